The second-order valence-corrected chi connectivity index (χ2v) is 8.98. The molecule has 1 N–H and O–H groups in total. The highest BCUT2D eigenvalue weighted by atomic mass is 16.5. The van der Waals surface area contributed by atoms with E-state index in [0.29, 0.717) is 26.2 Å². The van der Waals surface area contributed by atoms with E-state index < -0.39 is 11.7 Å². The molecule has 2 aliphatic heterocycles. The van der Waals surface area contributed by atoms with Crippen LogP contribution in [0.5, 0.6) is 0 Å². The minimum Gasteiger partial charge on any atom is -0.368 e. The predicted octanol–water partition coefficient (Wildman–Crippen LogP) is 3.20. The van der Waals surface area contributed by atoms with Gasteiger partial charge in [0, 0.05) is 25.6 Å². The van der Waals surface area contributed by atoms with Gasteiger partial charge in [-0.2, -0.15) is 0 Å². The summed E-state index contributed by atoms with van der Waals surface area (Å²) in [6.07, 6.45) is 1.62. The lowest BCUT2D eigenvalue weighted by Crippen LogP contribution is -2.63. The molecule has 2 aromatic rings. The Hall–Kier alpha value is -2.70. The van der Waals surface area contributed by atoms with Crippen LogP contribution in [0.1, 0.15) is 32.3 Å². The van der Waals surface area contributed by atoms with Crippen LogP contribution in [0, 0.1) is 0 Å². The predicted molar refractivity (Wildman–Crippen MR) is 123 cm³/mol. The number of nitrogens with one attached hydrogen (secondary N) is 1. The molecule has 2 heterocycles. The third-order valence-corrected chi connectivity index (χ3v) is 6.06. The molecule has 0 aliphatic carbocycles. The molecule has 0 radical (unpaired) electrons. The van der Waals surface area contributed by atoms with Crippen molar-refractivity contribution in [3.05, 3.63) is 60.2 Å². The van der Waals surface area contributed by atoms with Gasteiger partial charge in [0.2, 0.25) is 0 Å². The summed E-state index contributed by atoms with van der Waals surface area (Å²) < 4.78 is 11.8. The molecule has 6 nitrogen and oxygen atoms in total. The van der Waals surface area contributed by atoms with Crippen LogP contribution >= 0.6 is 0 Å². The summed E-state index contributed by atoms with van der Waals surface area (Å²) in [6.45, 7) is 5.49. The fourth-order valence-electron chi connectivity index (χ4n) is 4.49. The lowest BCUT2D eigenvalue weighted by molar-refractivity contribution is -0.170. The fourth-order valence-corrected chi connectivity index (χ4v) is 4.49. The Bertz CT molecular complexity index is 940. The first-order valence-corrected chi connectivity index (χ1v) is 11.5. The quantitative estimate of drug-likeness (QED) is 0.755. The number of rotatable bonds is 6. The van der Waals surface area contributed by atoms with Gasteiger partial charge in [-0.25, -0.2) is 0 Å². The molecule has 2 saturated heterocycles. The maximum absolute atomic E-state index is 13.4. The van der Waals surface area contributed by atoms with Crippen LogP contribution in [0.25, 0.3) is 11.1 Å². The molecule has 32 heavy (non-hydrogen) atoms. The van der Waals surface area contributed by atoms with Crippen LogP contribution in [0.15, 0.2) is 54.6 Å². The number of hydrogen-bond acceptors (Lipinski definition) is 4. The topological polar surface area (TPSA) is 67.9 Å². The SMILES string of the molecule is CC(C)NC(=O)[C@@]1(Cc2cccc(-c3ccccc3)c2)CN(C(=O)[C@@H]2CCCO2)CCO1. The van der Waals surface area contributed by atoms with Gasteiger partial charge in [0.05, 0.1) is 13.2 Å². The van der Waals surface area contributed by atoms with E-state index in [9.17, 15) is 9.59 Å². The third kappa shape index (κ3) is 5.03. The largest absolute Gasteiger partial charge is 0.368 e. The first-order chi connectivity index (χ1) is 15.5. The van der Waals surface area contributed by atoms with Gasteiger partial charge in [-0.05, 0) is 43.4 Å². The zero-order valence-corrected chi connectivity index (χ0v) is 18.9. The normalized spacial score (nSPS) is 23.3. The Morgan fingerprint density at radius 3 is 2.59 bits per heavy atom. The summed E-state index contributed by atoms with van der Waals surface area (Å²) in [5, 5.41) is 3.02. The standard InChI is InChI=1S/C26H32N2O4/c1-19(2)27-25(30)26(18-28(13-15-32-26)24(29)23-12-7-14-31-23)17-20-8-6-11-22(16-20)21-9-4-3-5-10-21/h3-6,8-11,16,19,23H,7,12-15,17-18H2,1-2H3,(H,27,30)/t23-,26+/m0/s1. The summed E-state index contributed by atoms with van der Waals surface area (Å²) in [7, 11) is 0. The van der Waals surface area contributed by atoms with E-state index in [2.05, 4.69) is 29.6 Å². The Labute approximate surface area is 189 Å². The molecule has 0 unspecified atom stereocenters. The highest BCUT2D eigenvalue weighted by Crippen LogP contribution is 2.28. The van der Waals surface area contributed by atoms with Crippen molar-refractivity contribution in [3.8, 4) is 11.1 Å². The Balaban J connectivity index is 1.60. The van der Waals surface area contributed by atoms with Gasteiger partial charge < -0.3 is 19.7 Å². The van der Waals surface area contributed by atoms with E-state index in [0.717, 1.165) is 29.5 Å². The maximum atomic E-state index is 13.4. The van der Waals surface area contributed by atoms with Crippen LogP contribution in [-0.2, 0) is 25.5 Å². The molecule has 0 spiro atoms. The molecule has 0 bridgehead atoms. The van der Waals surface area contributed by atoms with Crippen molar-refractivity contribution >= 4 is 11.8 Å². The van der Waals surface area contributed by atoms with Crippen molar-refractivity contribution in [2.45, 2.75) is 50.9 Å². The van der Waals surface area contributed by atoms with Crippen LogP contribution in [0.2, 0.25) is 0 Å². The third-order valence-electron chi connectivity index (χ3n) is 6.06. The number of carbonyl (C=O) groups is 2. The Kier molecular flexibility index (Phi) is 6.92. The first kappa shape index (κ1) is 22.5. The van der Waals surface area contributed by atoms with Crippen molar-refractivity contribution < 1.29 is 19.1 Å². The minimum atomic E-state index is -1.13. The van der Waals surface area contributed by atoms with Crippen LogP contribution in [0.3, 0.4) is 0 Å². The van der Waals surface area contributed by atoms with Gasteiger partial charge >= 0.3 is 0 Å². The second-order valence-electron chi connectivity index (χ2n) is 8.98. The van der Waals surface area contributed by atoms with Gasteiger partial charge in [-0.15, -0.1) is 0 Å². The molecule has 170 valence electrons. The molecular weight excluding hydrogens is 404 g/mol. The number of benzene rings is 2. The smallest absolute Gasteiger partial charge is 0.254 e. The molecule has 0 saturated carbocycles. The summed E-state index contributed by atoms with van der Waals surface area (Å²) >= 11 is 0. The van der Waals surface area contributed by atoms with E-state index in [1.54, 1.807) is 4.90 Å². The lowest BCUT2D eigenvalue weighted by Gasteiger charge is -2.42. The minimum absolute atomic E-state index is 0.0251. The van der Waals surface area contributed by atoms with E-state index in [1.807, 2.05) is 44.2 Å². The van der Waals surface area contributed by atoms with Gasteiger partial charge in [-0.3, -0.25) is 9.59 Å². The van der Waals surface area contributed by atoms with Crippen molar-refractivity contribution in [2.24, 2.45) is 0 Å². The summed E-state index contributed by atoms with van der Waals surface area (Å²) in [4.78, 5) is 28.2. The molecule has 2 aromatic carbocycles. The van der Waals surface area contributed by atoms with Gasteiger partial charge in [0.1, 0.15) is 6.10 Å². The zero-order valence-electron chi connectivity index (χ0n) is 18.9. The van der Waals surface area contributed by atoms with Crippen molar-refractivity contribution in [1.82, 2.24) is 10.2 Å². The van der Waals surface area contributed by atoms with E-state index >= 15 is 0 Å². The first-order valence-electron chi connectivity index (χ1n) is 11.5. The van der Waals surface area contributed by atoms with Crippen molar-refractivity contribution in [1.29, 1.82) is 0 Å². The fraction of sp³-hybridized carbons (Fsp3) is 0.462. The molecule has 2 atom stereocenters. The van der Waals surface area contributed by atoms with Crippen LogP contribution in [0.4, 0.5) is 0 Å². The molecule has 2 amide bonds. The summed E-state index contributed by atoms with van der Waals surface area (Å²) in [5.41, 5.74) is 2.07. The number of morpholine rings is 1. The van der Waals surface area contributed by atoms with Crippen molar-refractivity contribution in [2.75, 3.05) is 26.3 Å². The van der Waals surface area contributed by atoms with Gasteiger partial charge in [0.15, 0.2) is 5.60 Å². The average molecular weight is 437 g/mol. The highest BCUT2D eigenvalue weighted by molar-refractivity contribution is 5.88. The molecule has 4 rings (SSSR count). The maximum Gasteiger partial charge on any atom is 0.254 e. The Morgan fingerprint density at radius 1 is 1.09 bits per heavy atom. The van der Waals surface area contributed by atoms with Gasteiger partial charge in [0.25, 0.3) is 11.8 Å². The molecule has 6 heteroatoms. The molecular formula is C26H32N2O4. The number of ether oxygens (including phenoxy) is 2. The lowest BCUT2D eigenvalue weighted by atomic mass is 9.89. The summed E-state index contributed by atoms with van der Waals surface area (Å²) in [5.74, 6) is -0.215. The molecule has 2 aliphatic rings. The van der Waals surface area contributed by atoms with Gasteiger partial charge in [-0.1, -0.05) is 54.6 Å². The average Bonchev–Trinajstić information content (AvgIpc) is 3.34. The van der Waals surface area contributed by atoms with E-state index in [-0.39, 0.29) is 24.4 Å². The van der Waals surface area contributed by atoms with Crippen LogP contribution < -0.4 is 5.32 Å². The number of hydrogen-bond donors (Lipinski definition) is 1. The Morgan fingerprint density at radius 2 is 1.88 bits per heavy atom. The molecule has 0 aromatic heterocycles. The second kappa shape index (κ2) is 9.84. The zero-order chi connectivity index (χ0) is 22.6. The molecule has 2 fully saturated rings. The number of amides is 2. The highest BCUT2D eigenvalue weighted by Gasteiger charge is 2.46. The van der Waals surface area contributed by atoms with Crippen molar-refractivity contribution in [3.63, 3.8) is 0 Å². The van der Waals surface area contributed by atoms with Crippen LogP contribution in [-0.4, -0.2) is 60.8 Å². The summed E-state index contributed by atoms with van der Waals surface area (Å²) in [6, 6.07) is 18.3. The monoisotopic (exact) mass is 436 g/mol. The van der Waals surface area contributed by atoms with E-state index in [4.69, 9.17) is 9.47 Å². The number of carbonyl (C=O) groups excluding carboxylic acids is 2. The number of nitrogens with zero attached hydrogens (tertiary/aromatic N) is 1. The van der Waals surface area contributed by atoms with E-state index in [1.165, 1.54) is 0 Å².